The molecule has 0 saturated carbocycles. The number of fused-ring (bicyclic) bond motifs is 1. The number of carbonyl (C=O) groups excluding carboxylic acids is 1. The number of aromatic nitrogens is 4. The molecule has 1 aliphatic heterocycles. The Morgan fingerprint density at radius 2 is 2.15 bits per heavy atom. The van der Waals surface area contributed by atoms with Crippen LogP contribution in [0.25, 0.3) is 11.0 Å². The maximum atomic E-state index is 12.9. The van der Waals surface area contributed by atoms with Gasteiger partial charge < -0.3 is 15.2 Å². The molecule has 3 aromatic heterocycles. The van der Waals surface area contributed by atoms with Crippen molar-refractivity contribution < 1.29 is 9.32 Å². The largest absolute Gasteiger partial charge is 0.382 e. The fourth-order valence-corrected chi connectivity index (χ4v) is 3.75. The summed E-state index contributed by atoms with van der Waals surface area (Å²) < 4.78 is 6.85. The molecule has 0 aliphatic carbocycles. The molecule has 1 fully saturated rings. The van der Waals surface area contributed by atoms with E-state index in [-0.39, 0.29) is 11.8 Å². The van der Waals surface area contributed by atoms with E-state index >= 15 is 0 Å². The first-order valence-electron chi connectivity index (χ1n) is 8.77. The first kappa shape index (κ1) is 16.6. The SMILES string of the molecule is Cc1noc(C)c1C(=O)N1CCCC(c2ccc3c(N)nn(C)c3n2)C1. The number of likely N-dealkylation sites (tertiary alicyclic amines) is 1. The highest BCUT2D eigenvalue weighted by Gasteiger charge is 2.29. The molecule has 1 amide bonds. The number of hydrogen-bond donors (Lipinski definition) is 1. The van der Waals surface area contributed by atoms with Gasteiger partial charge >= 0.3 is 0 Å². The van der Waals surface area contributed by atoms with Gasteiger partial charge in [0.25, 0.3) is 5.91 Å². The number of piperidine rings is 1. The van der Waals surface area contributed by atoms with E-state index in [0.717, 1.165) is 36.1 Å². The first-order valence-corrected chi connectivity index (χ1v) is 8.77. The van der Waals surface area contributed by atoms with Crippen LogP contribution in [0, 0.1) is 13.8 Å². The third-order valence-electron chi connectivity index (χ3n) is 5.11. The van der Waals surface area contributed by atoms with Crippen molar-refractivity contribution in [1.29, 1.82) is 0 Å². The van der Waals surface area contributed by atoms with Crippen molar-refractivity contribution in [3.8, 4) is 0 Å². The van der Waals surface area contributed by atoms with Gasteiger partial charge in [0, 0.05) is 31.7 Å². The summed E-state index contributed by atoms with van der Waals surface area (Å²) >= 11 is 0. The lowest BCUT2D eigenvalue weighted by atomic mass is 9.93. The van der Waals surface area contributed by atoms with Crippen LogP contribution in [0.4, 0.5) is 5.82 Å². The Hall–Kier alpha value is -2.90. The zero-order chi connectivity index (χ0) is 18.4. The van der Waals surface area contributed by atoms with Crippen LogP contribution in [0.1, 0.15) is 46.3 Å². The lowest BCUT2D eigenvalue weighted by Crippen LogP contribution is -2.39. The predicted molar refractivity (Wildman–Crippen MR) is 96.8 cm³/mol. The molecule has 4 heterocycles. The zero-order valence-electron chi connectivity index (χ0n) is 15.2. The molecule has 0 spiro atoms. The number of nitrogen functional groups attached to an aromatic ring is 1. The van der Waals surface area contributed by atoms with Crippen LogP contribution < -0.4 is 5.73 Å². The summed E-state index contributed by atoms with van der Waals surface area (Å²) in [6, 6.07) is 3.96. The summed E-state index contributed by atoms with van der Waals surface area (Å²) in [4.78, 5) is 19.6. The van der Waals surface area contributed by atoms with E-state index in [1.807, 2.05) is 24.1 Å². The lowest BCUT2D eigenvalue weighted by Gasteiger charge is -2.32. The topological polar surface area (TPSA) is 103 Å². The minimum absolute atomic E-state index is 0.0168. The molecule has 8 nitrogen and oxygen atoms in total. The monoisotopic (exact) mass is 354 g/mol. The zero-order valence-corrected chi connectivity index (χ0v) is 15.2. The van der Waals surface area contributed by atoms with Crippen molar-refractivity contribution in [3.05, 3.63) is 34.8 Å². The quantitative estimate of drug-likeness (QED) is 0.756. The van der Waals surface area contributed by atoms with E-state index in [4.69, 9.17) is 15.2 Å². The van der Waals surface area contributed by atoms with E-state index < -0.39 is 0 Å². The number of carbonyl (C=O) groups is 1. The van der Waals surface area contributed by atoms with Crippen LogP contribution in [0.5, 0.6) is 0 Å². The number of anilines is 1. The van der Waals surface area contributed by atoms with Crippen molar-refractivity contribution in [2.45, 2.75) is 32.6 Å². The molecular weight excluding hydrogens is 332 g/mol. The molecule has 26 heavy (non-hydrogen) atoms. The average molecular weight is 354 g/mol. The third-order valence-corrected chi connectivity index (χ3v) is 5.11. The minimum atomic E-state index is -0.0168. The maximum Gasteiger partial charge on any atom is 0.259 e. The summed E-state index contributed by atoms with van der Waals surface area (Å²) in [5.41, 5.74) is 8.87. The van der Waals surface area contributed by atoms with Crippen molar-refractivity contribution >= 4 is 22.8 Å². The van der Waals surface area contributed by atoms with Crippen molar-refractivity contribution in [2.75, 3.05) is 18.8 Å². The molecule has 0 aromatic carbocycles. The normalized spacial score (nSPS) is 17.8. The fourth-order valence-electron chi connectivity index (χ4n) is 3.75. The van der Waals surface area contributed by atoms with Crippen molar-refractivity contribution in [2.24, 2.45) is 7.05 Å². The van der Waals surface area contributed by atoms with E-state index in [2.05, 4.69) is 10.3 Å². The minimum Gasteiger partial charge on any atom is -0.382 e. The Labute approximate surface area is 151 Å². The lowest BCUT2D eigenvalue weighted by molar-refractivity contribution is 0.0703. The Morgan fingerprint density at radius 3 is 2.88 bits per heavy atom. The Balaban J connectivity index is 1.61. The molecule has 4 rings (SSSR count). The van der Waals surface area contributed by atoms with Gasteiger partial charge in [-0.15, -0.1) is 0 Å². The molecule has 3 aromatic rings. The van der Waals surface area contributed by atoms with Gasteiger partial charge in [-0.2, -0.15) is 5.10 Å². The number of hydrogen-bond acceptors (Lipinski definition) is 6. The van der Waals surface area contributed by atoms with E-state index in [1.54, 1.807) is 18.5 Å². The standard InChI is InChI=1S/C18H22N6O2/c1-10-15(11(2)26-22-10)18(25)24-8-4-5-12(9-24)14-7-6-13-16(19)21-23(3)17(13)20-14/h6-7,12H,4-5,8-9H2,1-3H3,(H2,19,21). The number of nitrogens with two attached hydrogens (primary N) is 1. The number of rotatable bonds is 2. The number of pyridine rings is 1. The molecule has 0 bridgehead atoms. The summed E-state index contributed by atoms with van der Waals surface area (Å²) in [6.07, 6.45) is 1.93. The summed E-state index contributed by atoms with van der Waals surface area (Å²) in [7, 11) is 1.84. The average Bonchev–Trinajstić information content (AvgIpc) is 3.13. The summed E-state index contributed by atoms with van der Waals surface area (Å²) in [5, 5.41) is 8.98. The van der Waals surface area contributed by atoms with Crippen LogP contribution in [-0.2, 0) is 7.05 Å². The highest BCUT2D eigenvalue weighted by atomic mass is 16.5. The van der Waals surface area contributed by atoms with E-state index in [9.17, 15) is 4.79 Å². The molecule has 1 atom stereocenters. The fraction of sp³-hybridized carbons (Fsp3) is 0.444. The molecule has 136 valence electrons. The highest BCUT2D eigenvalue weighted by molar-refractivity contribution is 5.96. The van der Waals surface area contributed by atoms with Crippen LogP contribution in [0.15, 0.2) is 16.7 Å². The molecule has 1 unspecified atom stereocenters. The van der Waals surface area contributed by atoms with Crippen LogP contribution >= 0.6 is 0 Å². The molecule has 0 radical (unpaired) electrons. The number of aryl methyl sites for hydroxylation is 3. The van der Waals surface area contributed by atoms with Gasteiger partial charge in [0.05, 0.1) is 11.1 Å². The Kier molecular flexibility index (Phi) is 3.90. The predicted octanol–water partition coefficient (Wildman–Crippen LogP) is 2.18. The summed E-state index contributed by atoms with van der Waals surface area (Å²) in [5.74, 6) is 1.23. The second kappa shape index (κ2) is 6.12. The Morgan fingerprint density at radius 1 is 1.35 bits per heavy atom. The smallest absolute Gasteiger partial charge is 0.259 e. The van der Waals surface area contributed by atoms with Gasteiger partial charge in [-0.1, -0.05) is 5.16 Å². The van der Waals surface area contributed by atoms with E-state index in [0.29, 0.717) is 29.4 Å². The van der Waals surface area contributed by atoms with Crippen LogP contribution in [0.3, 0.4) is 0 Å². The van der Waals surface area contributed by atoms with E-state index in [1.165, 1.54) is 0 Å². The van der Waals surface area contributed by atoms with Gasteiger partial charge in [0.2, 0.25) is 0 Å². The van der Waals surface area contributed by atoms with Gasteiger partial charge in [-0.05, 0) is 38.8 Å². The second-order valence-corrected chi connectivity index (χ2v) is 6.91. The van der Waals surface area contributed by atoms with Gasteiger partial charge in [-0.25, -0.2) is 9.67 Å². The second-order valence-electron chi connectivity index (χ2n) is 6.91. The van der Waals surface area contributed by atoms with Gasteiger partial charge in [0.15, 0.2) is 11.5 Å². The Bertz CT molecular complexity index is 970. The van der Waals surface area contributed by atoms with Gasteiger partial charge in [0.1, 0.15) is 11.3 Å². The van der Waals surface area contributed by atoms with Crippen LogP contribution in [-0.4, -0.2) is 43.8 Å². The molecule has 8 heteroatoms. The highest BCUT2D eigenvalue weighted by Crippen LogP contribution is 2.29. The van der Waals surface area contributed by atoms with Crippen molar-refractivity contribution in [3.63, 3.8) is 0 Å². The molecule has 2 N–H and O–H groups in total. The molecule has 1 aliphatic rings. The molecular formula is C18H22N6O2. The maximum absolute atomic E-state index is 12.9. The van der Waals surface area contributed by atoms with Crippen LogP contribution in [0.2, 0.25) is 0 Å². The van der Waals surface area contributed by atoms with Gasteiger partial charge in [-0.3, -0.25) is 4.79 Å². The number of nitrogens with zero attached hydrogens (tertiary/aromatic N) is 5. The molecule has 1 saturated heterocycles. The van der Waals surface area contributed by atoms with Crippen molar-refractivity contribution in [1.82, 2.24) is 24.8 Å². The first-order chi connectivity index (χ1) is 12.5. The third kappa shape index (κ3) is 2.61. The summed E-state index contributed by atoms with van der Waals surface area (Å²) in [6.45, 7) is 4.94. The number of amides is 1.